The van der Waals surface area contributed by atoms with Crippen LogP contribution in [0.1, 0.15) is 51.9 Å². The number of hydrogen-bond donors (Lipinski definition) is 0. The van der Waals surface area contributed by atoms with Crippen LogP contribution in [0.3, 0.4) is 0 Å². The van der Waals surface area contributed by atoms with Crippen LogP contribution in [0.2, 0.25) is 0 Å². The second-order valence-corrected chi connectivity index (χ2v) is 4.74. The molecule has 0 heterocycles. The van der Waals surface area contributed by atoms with Crippen molar-refractivity contribution in [2.45, 2.75) is 51.9 Å². The predicted molar refractivity (Wildman–Crippen MR) is 53.5 cm³/mol. The van der Waals surface area contributed by atoms with Gasteiger partial charge in [-0.3, -0.25) is 4.79 Å². The molecule has 0 aromatic carbocycles. The molecule has 0 spiro atoms. The van der Waals surface area contributed by atoms with Gasteiger partial charge in [0, 0.05) is 12.8 Å². The smallest absolute Gasteiger partial charge is 0.136 e. The predicted octanol–water partition coefficient (Wildman–Crippen LogP) is 3.25. The van der Waals surface area contributed by atoms with Crippen LogP contribution in [0.25, 0.3) is 0 Å². The van der Waals surface area contributed by atoms with Crippen LogP contribution >= 0.6 is 0 Å². The van der Waals surface area contributed by atoms with Crippen LogP contribution < -0.4 is 0 Å². The fraction of sp³-hybridized carbons (Fsp3) is 0.750. The van der Waals surface area contributed by atoms with Crippen LogP contribution in [0.4, 0.5) is 0 Å². The lowest BCUT2D eigenvalue weighted by Gasteiger charge is -2.35. The van der Waals surface area contributed by atoms with E-state index in [0.29, 0.717) is 17.6 Å². The van der Waals surface area contributed by atoms with Crippen molar-refractivity contribution in [1.82, 2.24) is 0 Å². The van der Waals surface area contributed by atoms with Crippen molar-refractivity contribution in [3.05, 3.63) is 11.6 Å². The highest BCUT2D eigenvalue weighted by atomic mass is 16.1. The highest BCUT2D eigenvalue weighted by Crippen LogP contribution is 2.45. The highest BCUT2D eigenvalue weighted by Gasteiger charge is 2.33. The Kier molecular flexibility index (Phi) is 2.27. The van der Waals surface area contributed by atoms with Crippen molar-refractivity contribution >= 4 is 5.78 Å². The Morgan fingerprint density at radius 3 is 2.92 bits per heavy atom. The lowest BCUT2D eigenvalue weighted by atomic mass is 9.70. The van der Waals surface area contributed by atoms with Crippen molar-refractivity contribution in [2.75, 3.05) is 0 Å². The standard InChI is InChI=1S/C12H18O/c1-12-8-3-2-4-10(12)5-6-11(13)7-9-12/h5H,2-4,6-9H2,1H3. The van der Waals surface area contributed by atoms with Gasteiger partial charge in [-0.05, 0) is 31.1 Å². The van der Waals surface area contributed by atoms with E-state index in [-0.39, 0.29) is 0 Å². The second-order valence-electron chi connectivity index (χ2n) is 4.74. The molecule has 1 saturated carbocycles. The molecule has 0 aliphatic heterocycles. The molecule has 2 aliphatic carbocycles. The average Bonchev–Trinajstić information content (AvgIpc) is 2.27. The molecule has 1 nitrogen and oxygen atoms in total. The summed E-state index contributed by atoms with van der Waals surface area (Å²) in [6.07, 6.45) is 10.0. The zero-order valence-corrected chi connectivity index (χ0v) is 8.44. The van der Waals surface area contributed by atoms with Gasteiger partial charge in [0.15, 0.2) is 0 Å². The molecular weight excluding hydrogens is 160 g/mol. The monoisotopic (exact) mass is 178 g/mol. The lowest BCUT2D eigenvalue weighted by Crippen LogP contribution is -2.22. The van der Waals surface area contributed by atoms with Gasteiger partial charge in [0.05, 0.1) is 0 Å². The fourth-order valence-corrected chi connectivity index (χ4v) is 2.68. The van der Waals surface area contributed by atoms with Crippen molar-refractivity contribution in [1.29, 1.82) is 0 Å². The molecule has 2 rings (SSSR count). The Bertz CT molecular complexity index is 252. The molecule has 2 aliphatic rings. The summed E-state index contributed by atoms with van der Waals surface area (Å²) >= 11 is 0. The summed E-state index contributed by atoms with van der Waals surface area (Å²) in [5.41, 5.74) is 1.95. The van der Waals surface area contributed by atoms with E-state index in [2.05, 4.69) is 13.0 Å². The number of fused-ring (bicyclic) bond motifs is 1. The maximum atomic E-state index is 11.3. The normalized spacial score (nSPS) is 34.8. The van der Waals surface area contributed by atoms with Gasteiger partial charge in [-0.1, -0.05) is 25.0 Å². The average molecular weight is 178 g/mol. The third-order valence-electron chi connectivity index (χ3n) is 3.73. The van der Waals surface area contributed by atoms with Gasteiger partial charge in [-0.25, -0.2) is 0 Å². The van der Waals surface area contributed by atoms with E-state index in [1.54, 1.807) is 5.57 Å². The quantitative estimate of drug-likeness (QED) is 0.520. The first-order valence-corrected chi connectivity index (χ1v) is 5.42. The van der Waals surface area contributed by atoms with E-state index in [9.17, 15) is 4.79 Å². The molecule has 0 N–H and O–H groups in total. The van der Waals surface area contributed by atoms with E-state index in [1.807, 2.05) is 0 Å². The van der Waals surface area contributed by atoms with Crippen LogP contribution in [0.15, 0.2) is 11.6 Å². The maximum absolute atomic E-state index is 11.3. The number of rotatable bonds is 0. The Morgan fingerprint density at radius 2 is 2.08 bits per heavy atom. The minimum atomic E-state index is 0.379. The summed E-state index contributed by atoms with van der Waals surface area (Å²) in [4.78, 5) is 11.3. The lowest BCUT2D eigenvalue weighted by molar-refractivity contribution is -0.118. The molecule has 0 aromatic heterocycles. The SMILES string of the molecule is CC12CCCCC1=CCC(=O)CC2. The molecule has 1 heteroatoms. The van der Waals surface area contributed by atoms with Crippen molar-refractivity contribution in [3.8, 4) is 0 Å². The first-order valence-electron chi connectivity index (χ1n) is 5.42. The highest BCUT2D eigenvalue weighted by molar-refractivity contribution is 5.80. The Morgan fingerprint density at radius 1 is 1.23 bits per heavy atom. The maximum Gasteiger partial charge on any atom is 0.136 e. The summed E-state index contributed by atoms with van der Waals surface area (Å²) in [6.45, 7) is 2.34. The molecule has 1 atom stereocenters. The second kappa shape index (κ2) is 3.28. The largest absolute Gasteiger partial charge is 0.299 e. The van der Waals surface area contributed by atoms with E-state index in [4.69, 9.17) is 0 Å². The molecule has 0 amide bonds. The number of Topliss-reactive ketones (excluding diaryl/α,β-unsaturated/α-hetero) is 1. The molecule has 0 saturated heterocycles. The molecule has 1 unspecified atom stereocenters. The third-order valence-corrected chi connectivity index (χ3v) is 3.73. The molecule has 13 heavy (non-hydrogen) atoms. The van der Waals surface area contributed by atoms with E-state index < -0.39 is 0 Å². The third kappa shape index (κ3) is 1.70. The van der Waals surface area contributed by atoms with Crippen LogP contribution in [-0.2, 0) is 4.79 Å². The van der Waals surface area contributed by atoms with Crippen LogP contribution in [-0.4, -0.2) is 5.78 Å². The molecular formula is C12H18O. The first-order chi connectivity index (χ1) is 6.21. The number of ketones is 1. The van der Waals surface area contributed by atoms with Crippen molar-refractivity contribution < 1.29 is 4.79 Å². The summed E-state index contributed by atoms with van der Waals surface area (Å²) in [5.74, 6) is 0.433. The molecule has 1 fully saturated rings. The minimum Gasteiger partial charge on any atom is -0.299 e. The number of allylic oxidation sites excluding steroid dienone is 2. The van der Waals surface area contributed by atoms with E-state index in [0.717, 1.165) is 12.8 Å². The number of carbonyl (C=O) groups excluding carboxylic acids is 1. The van der Waals surface area contributed by atoms with E-state index in [1.165, 1.54) is 25.7 Å². The molecule has 0 aromatic rings. The Balaban J connectivity index is 2.23. The van der Waals surface area contributed by atoms with Gasteiger partial charge in [0.1, 0.15) is 5.78 Å². The van der Waals surface area contributed by atoms with Gasteiger partial charge in [0.2, 0.25) is 0 Å². The summed E-state index contributed by atoms with van der Waals surface area (Å²) < 4.78 is 0. The summed E-state index contributed by atoms with van der Waals surface area (Å²) in [5, 5.41) is 0. The molecule has 72 valence electrons. The first kappa shape index (κ1) is 8.98. The van der Waals surface area contributed by atoms with Gasteiger partial charge in [0.25, 0.3) is 0 Å². The van der Waals surface area contributed by atoms with Gasteiger partial charge in [-0.15, -0.1) is 0 Å². The Labute approximate surface area is 80.2 Å². The topological polar surface area (TPSA) is 17.1 Å². The minimum absolute atomic E-state index is 0.379. The van der Waals surface area contributed by atoms with Crippen molar-refractivity contribution in [2.24, 2.45) is 5.41 Å². The summed E-state index contributed by atoms with van der Waals surface area (Å²) in [6, 6.07) is 0. The number of carbonyl (C=O) groups is 1. The molecule has 0 bridgehead atoms. The number of hydrogen-bond acceptors (Lipinski definition) is 1. The Hall–Kier alpha value is -0.590. The van der Waals surface area contributed by atoms with Gasteiger partial charge >= 0.3 is 0 Å². The summed E-state index contributed by atoms with van der Waals surface area (Å²) in [7, 11) is 0. The van der Waals surface area contributed by atoms with Crippen molar-refractivity contribution in [3.63, 3.8) is 0 Å². The van der Waals surface area contributed by atoms with Crippen LogP contribution in [0, 0.1) is 5.41 Å². The van der Waals surface area contributed by atoms with Gasteiger partial charge in [-0.2, -0.15) is 0 Å². The van der Waals surface area contributed by atoms with E-state index >= 15 is 0 Å². The zero-order valence-electron chi connectivity index (χ0n) is 8.44. The zero-order chi connectivity index (χ0) is 9.31. The fourth-order valence-electron chi connectivity index (χ4n) is 2.68. The molecule has 0 radical (unpaired) electrons. The van der Waals surface area contributed by atoms with Crippen LogP contribution in [0.5, 0.6) is 0 Å². The van der Waals surface area contributed by atoms with Gasteiger partial charge < -0.3 is 0 Å².